The second-order valence-electron chi connectivity index (χ2n) is 6.97. The Kier molecular flexibility index (Phi) is 6.51. The topological polar surface area (TPSA) is 3.24 Å². The van der Waals surface area contributed by atoms with Gasteiger partial charge in [-0.2, -0.15) is 0 Å². The minimum atomic E-state index is 0.712. The van der Waals surface area contributed by atoms with E-state index in [-0.39, 0.29) is 0 Å². The average Bonchev–Trinajstić information content (AvgIpc) is 3.33. The fourth-order valence-electron chi connectivity index (χ4n) is 3.37. The largest absolute Gasteiger partial charge is 0.299 e. The first kappa shape index (κ1) is 17.7. The van der Waals surface area contributed by atoms with E-state index in [1.54, 1.807) is 0 Å². The van der Waals surface area contributed by atoms with Crippen molar-refractivity contribution in [2.24, 2.45) is 0 Å². The van der Waals surface area contributed by atoms with Gasteiger partial charge in [-0.25, -0.2) is 0 Å². The van der Waals surface area contributed by atoms with Crippen LogP contribution in [0.1, 0.15) is 48.8 Å². The van der Waals surface area contributed by atoms with Gasteiger partial charge in [-0.1, -0.05) is 77.5 Å². The van der Waals surface area contributed by atoms with Crippen LogP contribution in [0.2, 0.25) is 0 Å². The Morgan fingerprint density at radius 2 is 1.67 bits per heavy atom. The summed E-state index contributed by atoms with van der Waals surface area (Å²) < 4.78 is 0. The van der Waals surface area contributed by atoms with Gasteiger partial charge in [0.25, 0.3) is 0 Å². The molecule has 0 amide bonds. The second-order valence-corrected chi connectivity index (χ2v) is 8.14. The van der Waals surface area contributed by atoms with Crippen LogP contribution in [-0.4, -0.2) is 22.8 Å². The van der Waals surface area contributed by atoms with Gasteiger partial charge in [0.05, 0.1) is 0 Å². The van der Waals surface area contributed by atoms with E-state index in [0.717, 1.165) is 12.5 Å². The lowest BCUT2D eigenvalue weighted by molar-refractivity contribution is 0.262. The highest BCUT2D eigenvalue weighted by atomic mass is 79.9. The van der Waals surface area contributed by atoms with E-state index < -0.39 is 0 Å². The summed E-state index contributed by atoms with van der Waals surface area (Å²) in [7, 11) is 0. The fraction of sp³-hybridized carbons (Fsp3) is 0.455. The minimum Gasteiger partial charge on any atom is -0.299 e. The van der Waals surface area contributed by atoms with Crippen LogP contribution in [0, 0.1) is 0 Å². The molecule has 1 fully saturated rings. The number of benzene rings is 2. The lowest BCUT2D eigenvalue weighted by atomic mass is 10.0. The maximum atomic E-state index is 3.70. The number of alkyl halides is 1. The highest BCUT2D eigenvalue weighted by Crippen LogP contribution is 2.46. The van der Waals surface area contributed by atoms with Gasteiger partial charge in [0.2, 0.25) is 0 Å². The second kappa shape index (κ2) is 8.82. The molecule has 0 N–H and O–H groups in total. The highest BCUT2D eigenvalue weighted by molar-refractivity contribution is 9.09. The molecule has 0 heterocycles. The average molecular weight is 386 g/mol. The summed E-state index contributed by atoms with van der Waals surface area (Å²) in [5.41, 5.74) is 4.39. The van der Waals surface area contributed by atoms with Crippen molar-refractivity contribution in [3.63, 3.8) is 0 Å². The van der Waals surface area contributed by atoms with Gasteiger partial charge >= 0.3 is 0 Å². The summed E-state index contributed by atoms with van der Waals surface area (Å²) in [5, 5.41) is 0. The van der Waals surface area contributed by atoms with E-state index in [4.69, 9.17) is 0 Å². The molecule has 0 spiro atoms. The Hall–Kier alpha value is -1.12. The monoisotopic (exact) mass is 385 g/mol. The van der Waals surface area contributed by atoms with E-state index in [1.165, 1.54) is 55.5 Å². The predicted octanol–water partition coefficient (Wildman–Crippen LogP) is 5.78. The van der Waals surface area contributed by atoms with Gasteiger partial charge in [0.15, 0.2) is 0 Å². The highest BCUT2D eigenvalue weighted by Gasteiger charge is 2.35. The number of halogens is 1. The summed E-state index contributed by atoms with van der Waals surface area (Å²) in [5.74, 6) is 0.755. The molecule has 0 bridgehead atoms. The first-order valence-corrected chi connectivity index (χ1v) is 10.2. The molecule has 0 saturated heterocycles. The number of nitrogens with zero attached hydrogens (tertiary/aromatic N) is 1. The van der Waals surface area contributed by atoms with Gasteiger partial charge in [0.1, 0.15) is 0 Å². The maximum absolute atomic E-state index is 3.70. The Morgan fingerprint density at radius 1 is 0.958 bits per heavy atom. The van der Waals surface area contributed by atoms with E-state index in [1.807, 2.05) is 0 Å². The molecule has 0 radical (unpaired) electrons. The molecule has 24 heavy (non-hydrogen) atoms. The third-order valence-electron chi connectivity index (χ3n) is 4.85. The Bertz CT molecular complexity index is 608. The first-order chi connectivity index (χ1) is 11.8. The summed E-state index contributed by atoms with van der Waals surface area (Å²) >= 11 is 3.70. The quantitative estimate of drug-likeness (QED) is 0.494. The van der Waals surface area contributed by atoms with Crippen molar-refractivity contribution < 1.29 is 0 Å². The summed E-state index contributed by atoms with van der Waals surface area (Å²) in [6, 6.07) is 20.1. The van der Waals surface area contributed by atoms with Crippen molar-refractivity contribution in [1.29, 1.82) is 0 Å². The van der Waals surface area contributed by atoms with Crippen molar-refractivity contribution in [3.8, 4) is 0 Å². The maximum Gasteiger partial charge on any atom is 0.0233 e. The molecule has 128 valence electrons. The molecule has 1 aliphatic rings. The minimum absolute atomic E-state index is 0.712. The summed E-state index contributed by atoms with van der Waals surface area (Å²) in [4.78, 5) is 3.30. The molecule has 1 saturated carbocycles. The van der Waals surface area contributed by atoms with Crippen molar-refractivity contribution in [2.45, 2.75) is 49.9 Å². The van der Waals surface area contributed by atoms with Crippen molar-refractivity contribution in [2.75, 3.05) is 13.1 Å². The van der Waals surface area contributed by atoms with Crippen LogP contribution in [0.4, 0.5) is 0 Å². The SMILES string of the molecule is CCCN(CCCc1ccc(C2CC2Br)cc1)Cc1ccccc1. The van der Waals surface area contributed by atoms with Crippen molar-refractivity contribution in [3.05, 3.63) is 71.3 Å². The molecule has 0 aliphatic heterocycles. The van der Waals surface area contributed by atoms with Crippen LogP contribution in [0.15, 0.2) is 54.6 Å². The zero-order valence-electron chi connectivity index (χ0n) is 14.6. The smallest absolute Gasteiger partial charge is 0.0233 e. The van der Waals surface area contributed by atoms with Crippen LogP contribution in [0.5, 0.6) is 0 Å². The van der Waals surface area contributed by atoms with E-state index in [2.05, 4.69) is 82.4 Å². The van der Waals surface area contributed by atoms with Gasteiger partial charge < -0.3 is 0 Å². The van der Waals surface area contributed by atoms with Gasteiger partial charge in [-0.3, -0.25) is 4.90 Å². The molecule has 2 atom stereocenters. The predicted molar refractivity (Wildman–Crippen MR) is 107 cm³/mol. The Balaban J connectivity index is 1.46. The zero-order valence-corrected chi connectivity index (χ0v) is 16.2. The molecule has 2 heteroatoms. The number of hydrogen-bond acceptors (Lipinski definition) is 1. The molecule has 0 aromatic heterocycles. The normalized spacial score (nSPS) is 19.6. The van der Waals surface area contributed by atoms with Crippen LogP contribution >= 0.6 is 15.9 Å². The molecular weight excluding hydrogens is 358 g/mol. The summed E-state index contributed by atoms with van der Waals surface area (Å²) in [6.45, 7) is 5.70. The Labute approximate surface area is 155 Å². The van der Waals surface area contributed by atoms with Crippen LogP contribution in [-0.2, 0) is 13.0 Å². The molecule has 2 aromatic carbocycles. The van der Waals surface area contributed by atoms with Crippen molar-refractivity contribution in [1.82, 2.24) is 4.90 Å². The summed E-state index contributed by atoms with van der Waals surface area (Å²) in [6.07, 6.45) is 4.93. The Morgan fingerprint density at radius 3 is 2.29 bits per heavy atom. The number of rotatable bonds is 9. The molecule has 1 aliphatic carbocycles. The molecule has 3 rings (SSSR count). The lowest BCUT2D eigenvalue weighted by Gasteiger charge is -2.21. The lowest BCUT2D eigenvalue weighted by Crippen LogP contribution is -2.25. The fourth-order valence-corrected chi connectivity index (χ4v) is 4.08. The van der Waals surface area contributed by atoms with Crippen LogP contribution < -0.4 is 0 Å². The number of aryl methyl sites for hydroxylation is 1. The third-order valence-corrected chi connectivity index (χ3v) is 5.86. The van der Waals surface area contributed by atoms with Gasteiger partial charge in [-0.05, 0) is 61.4 Å². The van der Waals surface area contributed by atoms with Gasteiger partial charge in [0, 0.05) is 11.4 Å². The van der Waals surface area contributed by atoms with E-state index >= 15 is 0 Å². The molecule has 1 nitrogen and oxygen atoms in total. The van der Waals surface area contributed by atoms with Gasteiger partial charge in [-0.15, -0.1) is 0 Å². The van der Waals surface area contributed by atoms with Crippen LogP contribution in [0.3, 0.4) is 0 Å². The zero-order chi connectivity index (χ0) is 16.8. The molecule has 2 aromatic rings. The molecular formula is C22H28BrN. The van der Waals surface area contributed by atoms with Crippen molar-refractivity contribution >= 4 is 15.9 Å². The standard InChI is InChI=1S/C22H28BrN/c1-2-14-24(17-19-7-4-3-5-8-19)15-6-9-18-10-12-20(13-11-18)21-16-22(21)23/h3-5,7-8,10-13,21-22H,2,6,9,14-17H2,1H3. The number of hydrogen-bond donors (Lipinski definition) is 0. The van der Waals surface area contributed by atoms with E-state index in [9.17, 15) is 0 Å². The molecule has 2 unspecified atom stereocenters. The third kappa shape index (κ3) is 5.19. The van der Waals surface area contributed by atoms with E-state index in [0.29, 0.717) is 4.83 Å². The first-order valence-electron chi connectivity index (χ1n) is 9.25. The van der Waals surface area contributed by atoms with Crippen LogP contribution in [0.25, 0.3) is 0 Å².